The summed E-state index contributed by atoms with van der Waals surface area (Å²) in [5.74, 6) is 1.85. The summed E-state index contributed by atoms with van der Waals surface area (Å²) in [6, 6.07) is 12.4. The van der Waals surface area contributed by atoms with Crippen molar-refractivity contribution in [1.82, 2.24) is 20.1 Å². The third-order valence-electron chi connectivity index (χ3n) is 4.33. The first-order valence-corrected chi connectivity index (χ1v) is 8.56. The molecular weight excluding hydrogens is 312 g/mol. The molecule has 0 saturated carbocycles. The molecule has 1 aromatic carbocycles. The second kappa shape index (κ2) is 6.33. The molecule has 0 fully saturated rings. The van der Waals surface area contributed by atoms with Crippen LogP contribution in [0, 0.1) is 0 Å². The molecule has 3 heterocycles. The predicted octanol–water partition coefficient (Wildman–Crippen LogP) is 3.27. The molecule has 1 N–H and O–H groups in total. The molecule has 0 bridgehead atoms. The molecule has 5 nitrogen and oxygen atoms in total. The van der Waals surface area contributed by atoms with E-state index in [9.17, 15) is 0 Å². The van der Waals surface area contributed by atoms with Crippen molar-refractivity contribution in [3.63, 3.8) is 0 Å². The zero-order chi connectivity index (χ0) is 17.3. The maximum absolute atomic E-state index is 5.94. The molecule has 4 rings (SSSR count). The molecule has 0 aliphatic carbocycles. The molecule has 25 heavy (non-hydrogen) atoms. The van der Waals surface area contributed by atoms with Gasteiger partial charge in [-0.25, -0.2) is 9.67 Å². The van der Waals surface area contributed by atoms with E-state index in [0.717, 1.165) is 31.1 Å². The average Bonchev–Trinajstić information content (AvgIpc) is 3.21. The lowest BCUT2D eigenvalue weighted by molar-refractivity contribution is 0.138. The molecule has 5 heteroatoms. The van der Waals surface area contributed by atoms with Crippen LogP contribution in [-0.2, 0) is 19.5 Å². The zero-order valence-electron chi connectivity index (χ0n) is 14.6. The summed E-state index contributed by atoms with van der Waals surface area (Å²) in [5.41, 5.74) is 3.68. The highest BCUT2D eigenvalue weighted by atomic mass is 16.5. The predicted molar refractivity (Wildman–Crippen MR) is 96.8 cm³/mol. The molecular formula is C20H22N4O. The molecule has 2 aromatic heterocycles. The minimum absolute atomic E-state index is 0.0890. The third kappa shape index (κ3) is 3.56. The van der Waals surface area contributed by atoms with Gasteiger partial charge in [0, 0.05) is 38.1 Å². The minimum Gasteiger partial charge on any atom is -0.487 e. The van der Waals surface area contributed by atoms with Crippen molar-refractivity contribution in [2.24, 2.45) is 0 Å². The summed E-state index contributed by atoms with van der Waals surface area (Å²) in [7, 11) is 0. The molecule has 128 valence electrons. The number of rotatable bonds is 5. The number of hydrogen-bond donors (Lipinski definition) is 1. The van der Waals surface area contributed by atoms with E-state index in [1.807, 2.05) is 24.5 Å². The van der Waals surface area contributed by atoms with Crippen LogP contribution < -0.4 is 10.1 Å². The topological polar surface area (TPSA) is 52.0 Å². The fourth-order valence-electron chi connectivity index (χ4n) is 3.22. The van der Waals surface area contributed by atoms with Gasteiger partial charge < -0.3 is 10.1 Å². The van der Waals surface area contributed by atoms with Gasteiger partial charge in [-0.2, -0.15) is 5.10 Å². The van der Waals surface area contributed by atoms with E-state index in [4.69, 9.17) is 4.74 Å². The van der Waals surface area contributed by atoms with Crippen LogP contribution in [0.15, 0.2) is 55.0 Å². The summed E-state index contributed by atoms with van der Waals surface area (Å²) < 4.78 is 7.71. The molecule has 0 spiro atoms. The van der Waals surface area contributed by atoms with Crippen LogP contribution in [0.4, 0.5) is 0 Å². The lowest BCUT2D eigenvalue weighted by Gasteiger charge is -2.16. The lowest BCUT2D eigenvalue weighted by Crippen LogP contribution is -2.24. The first kappa shape index (κ1) is 15.8. The number of fused-ring (bicyclic) bond motifs is 1. The normalized spacial score (nSPS) is 15.0. The molecule has 3 aromatic rings. The molecule has 0 unspecified atom stereocenters. The monoisotopic (exact) mass is 334 g/mol. The quantitative estimate of drug-likeness (QED) is 0.778. The average molecular weight is 334 g/mol. The fraction of sp³-hybridized carbons (Fsp3) is 0.300. The lowest BCUT2D eigenvalue weighted by atomic mass is 10.0. The van der Waals surface area contributed by atoms with Crippen molar-refractivity contribution in [3.05, 3.63) is 71.7 Å². The number of benzene rings is 1. The highest BCUT2D eigenvalue weighted by Gasteiger charge is 2.29. The number of aromatic nitrogens is 3. The summed E-state index contributed by atoms with van der Waals surface area (Å²) in [5, 5.41) is 7.73. The first-order chi connectivity index (χ1) is 12.1. The van der Waals surface area contributed by atoms with E-state index in [1.165, 1.54) is 16.7 Å². The fourth-order valence-corrected chi connectivity index (χ4v) is 3.22. The van der Waals surface area contributed by atoms with Crippen LogP contribution in [0.2, 0.25) is 0 Å². The Balaban J connectivity index is 1.38. The second-order valence-electron chi connectivity index (χ2n) is 7.06. The van der Waals surface area contributed by atoms with Crippen LogP contribution in [0.3, 0.4) is 0 Å². The van der Waals surface area contributed by atoms with E-state index in [0.29, 0.717) is 0 Å². The van der Waals surface area contributed by atoms with Crippen molar-refractivity contribution in [1.29, 1.82) is 0 Å². The Hall–Kier alpha value is -2.66. The summed E-state index contributed by atoms with van der Waals surface area (Å²) >= 11 is 0. The SMILES string of the molecule is CC1(C)Cc2cc(CNCc3ccnc(-n4cccn4)c3)ccc2O1. The third-order valence-corrected chi connectivity index (χ3v) is 4.33. The van der Waals surface area contributed by atoms with E-state index in [1.54, 1.807) is 10.9 Å². The minimum atomic E-state index is -0.0890. The van der Waals surface area contributed by atoms with Crippen LogP contribution in [0.1, 0.15) is 30.5 Å². The summed E-state index contributed by atoms with van der Waals surface area (Å²) in [6.07, 6.45) is 6.44. The van der Waals surface area contributed by atoms with Crippen molar-refractivity contribution in [2.75, 3.05) is 0 Å². The Bertz CT molecular complexity index is 871. The van der Waals surface area contributed by atoms with Crippen molar-refractivity contribution in [3.8, 4) is 11.6 Å². The Labute approximate surface area is 147 Å². The number of ether oxygens (including phenoxy) is 1. The second-order valence-corrected chi connectivity index (χ2v) is 7.06. The van der Waals surface area contributed by atoms with Gasteiger partial charge in [-0.3, -0.25) is 0 Å². The Kier molecular flexibility index (Phi) is 4.01. The molecule has 0 atom stereocenters. The van der Waals surface area contributed by atoms with Gasteiger partial charge in [0.15, 0.2) is 5.82 Å². The van der Waals surface area contributed by atoms with Crippen LogP contribution in [-0.4, -0.2) is 20.4 Å². The summed E-state index contributed by atoms with van der Waals surface area (Å²) in [4.78, 5) is 4.36. The van der Waals surface area contributed by atoms with Gasteiger partial charge in [-0.1, -0.05) is 12.1 Å². The van der Waals surface area contributed by atoms with Gasteiger partial charge in [0.05, 0.1) is 0 Å². The molecule has 0 saturated heterocycles. The Morgan fingerprint density at radius 3 is 2.76 bits per heavy atom. The van der Waals surface area contributed by atoms with Crippen molar-refractivity contribution >= 4 is 0 Å². The number of nitrogens with one attached hydrogen (secondary N) is 1. The molecule has 0 radical (unpaired) electrons. The van der Waals surface area contributed by atoms with Crippen LogP contribution in [0.5, 0.6) is 5.75 Å². The van der Waals surface area contributed by atoms with E-state index in [-0.39, 0.29) is 5.60 Å². The van der Waals surface area contributed by atoms with E-state index >= 15 is 0 Å². The maximum atomic E-state index is 5.94. The highest BCUT2D eigenvalue weighted by Crippen LogP contribution is 2.35. The molecule has 1 aliphatic heterocycles. The van der Waals surface area contributed by atoms with Crippen molar-refractivity contribution < 1.29 is 4.74 Å². The highest BCUT2D eigenvalue weighted by molar-refractivity contribution is 5.41. The van der Waals surface area contributed by atoms with Gasteiger partial charge in [0.25, 0.3) is 0 Å². The smallest absolute Gasteiger partial charge is 0.153 e. The van der Waals surface area contributed by atoms with Gasteiger partial charge in [0.1, 0.15) is 11.4 Å². The van der Waals surface area contributed by atoms with E-state index < -0.39 is 0 Å². The van der Waals surface area contributed by atoms with E-state index in [2.05, 4.69) is 53.5 Å². The molecule has 0 amide bonds. The summed E-state index contributed by atoms with van der Waals surface area (Å²) in [6.45, 7) is 5.88. The van der Waals surface area contributed by atoms with Gasteiger partial charge in [-0.05, 0) is 54.8 Å². The first-order valence-electron chi connectivity index (χ1n) is 8.56. The number of nitrogens with zero attached hydrogens (tertiary/aromatic N) is 3. The van der Waals surface area contributed by atoms with Gasteiger partial charge in [0.2, 0.25) is 0 Å². The Morgan fingerprint density at radius 1 is 1.12 bits per heavy atom. The van der Waals surface area contributed by atoms with Crippen LogP contribution >= 0.6 is 0 Å². The standard InChI is InChI=1S/C20H22N4O/c1-20(2)12-17-10-15(4-5-18(17)25-20)13-21-14-16-6-8-22-19(11-16)24-9-3-7-23-24/h3-11,21H,12-14H2,1-2H3. The molecule has 1 aliphatic rings. The largest absolute Gasteiger partial charge is 0.487 e. The zero-order valence-corrected chi connectivity index (χ0v) is 14.6. The van der Waals surface area contributed by atoms with Crippen LogP contribution in [0.25, 0.3) is 5.82 Å². The number of hydrogen-bond acceptors (Lipinski definition) is 4. The maximum Gasteiger partial charge on any atom is 0.153 e. The Morgan fingerprint density at radius 2 is 1.96 bits per heavy atom. The van der Waals surface area contributed by atoms with Crippen molar-refractivity contribution in [2.45, 2.75) is 39.0 Å². The van der Waals surface area contributed by atoms with Gasteiger partial charge in [-0.15, -0.1) is 0 Å². The van der Waals surface area contributed by atoms with Gasteiger partial charge >= 0.3 is 0 Å². The number of pyridine rings is 1.